The van der Waals surface area contributed by atoms with Crippen molar-refractivity contribution in [2.45, 2.75) is 38.1 Å². The van der Waals surface area contributed by atoms with E-state index in [0.29, 0.717) is 17.3 Å². The molecule has 1 fully saturated rings. The number of benzene rings is 1. The lowest BCUT2D eigenvalue weighted by Crippen LogP contribution is -2.26. The Morgan fingerprint density at radius 3 is 2.63 bits per heavy atom. The minimum Gasteiger partial charge on any atom is -0.321 e. The SMILES string of the molecule is CC1CC(n2c(C(C)Cl)nc3ccc(F)c(F)c32)C1. The molecule has 0 aliphatic heterocycles. The van der Waals surface area contributed by atoms with Crippen molar-refractivity contribution in [2.24, 2.45) is 5.92 Å². The first kappa shape index (κ1) is 12.9. The molecule has 0 radical (unpaired) electrons. The van der Waals surface area contributed by atoms with E-state index >= 15 is 0 Å². The highest BCUT2D eigenvalue weighted by atomic mass is 35.5. The molecule has 1 aliphatic carbocycles. The molecule has 19 heavy (non-hydrogen) atoms. The van der Waals surface area contributed by atoms with Crippen LogP contribution in [0.15, 0.2) is 12.1 Å². The van der Waals surface area contributed by atoms with Crippen molar-refractivity contribution < 1.29 is 8.78 Å². The van der Waals surface area contributed by atoms with Gasteiger partial charge in [0.25, 0.3) is 0 Å². The minimum atomic E-state index is -0.838. The summed E-state index contributed by atoms with van der Waals surface area (Å²) in [6, 6.07) is 2.79. The van der Waals surface area contributed by atoms with Crippen molar-refractivity contribution >= 4 is 22.6 Å². The molecule has 102 valence electrons. The predicted octanol–water partition coefficient (Wildman–Crippen LogP) is 4.59. The van der Waals surface area contributed by atoms with E-state index < -0.39 is 11.6 Å². The number of rotatable bonds is 2. The summed E-state index contributed by atoms with van der Waals surface area (Å²) >= 11 is 6.13. The molecule has 0 spiro atoms. The van der Waals surface area contributed by atoms with Gasteiger partial charge in [0.2, 0.25) is 0 Å². The summed E-state index contributed by atoms with van der Waals surface area (Å²) in [5, 5.41) is -0.328. The zero-order valence-corrected chi connectivity index (χ0v) is 11.6. The van der Waals surface area contributed by atoms with Crippen LogP contribution < -0.4 is 0 Å². The smallest absolute Gasteiger partial charge is 0.184 e. The average molecular weight is 285 g/mol. The lowest BCUT2D eigenvalue weighted by atomic mass is 9.81. The van der Waals surface area contributed by atoms with E-state index in [1.165, 1.54) is 6.07 Å². The fourth-order valence-corrected chi connectivity index (χ4v) is 3.02. The lowest BCUT2D eigenvalue weighted by molar-refractivity contribution is 0.215. The van der Waals surface area contributed by atoms with Crippen molar-refractivity contribution in [3.05, 3.63) is 29.6 Å². The summed E-state index contributed by atoms with van der Waals surface area (Å²) in [4.78, 5) is 4.37. The average Bonchev–Trinajstić information content (AvgIpc) is 2.70. The summed E-state index contributed by atoms with van der Waals surface area (Å²) in [5.41, 5.74) is 0.723. The molecule has 1 unspecified atom stereocenters. The van der Waals surface area contributed by atoms with Crippen LogP contribution >= 0.6 is 11.6 Å². The number of fused-ring (bicyclic) bond motifs is 1. The van der Waals surface area contributed by atoms with E-state index in [2.05, 4.69) is 11.9 Å². The number of hydrogen-bond acceptors (Lipinski definition) is 1. The molecule has 0 amide bonds. The minimum absolute atomic E-state index is 0.174. The van der Waals surface area contributed by atoms with Gasteiger partial charge in [-0.25, -0.2) is 13.8 Å². The summed E-state index contributed by atoms with van der Waals surface area (Å²) in [7, 11) is 0. The quantitative estimate of drug-likeness (QED) is 0.738. The van der Waals surface area contributed by atoms with Gasteiger partial charge in [-0.2, -0.15) is 0 Å². The second kappa shape index (κ2) is 4.44. The van der Waals surface area contributed by atoms with Gasteiger partial charge in [0.1, 0.15) is 11.3 Å². The van der Waals surface area contributed by atoms with Crippen LogP contribution in [0.4, 0.5) is 8.78 Å². The van der Waals surface area contributed by atoms with Crippen molar-refractivity contribution in [3.8, 4) is 0 Å². The van der Waals surface area contributed by atoms with Crippen LogP contribution in [-0.4, -0.2) is 9.55 Å². The highest BCUT2D eigenvalue weighted by Crippen LogP contribution is 2.42. The third-order valence-corrected chi connectivity index (χ3v) is 4.04. The largest absolute Gasteiger partial charge is 0.321 e. The number of aromatic nitrogens is 2. The first-order chi connectivity index (χ1) is 8.99. The number of imidazole rings is 1. The fourth-order valence-electron chi connectivity index (χ4n) is 2.86. The molecule has 1 saturated carbocycles. The number of nitrogens with zero attached hydrogens (tertiary/aromatic N) is 2. The Balaban J connectivity index is 2.25. The summed E-state index contributed by atoms with van der Waals surface area (Å²) in [6.07, 6.45) is 1.91. The predicted molar refractivity (Wildman–Crippen MR) is 71.4 cm³/mol. The van der Waals surface area contributed by atoms with Gasteiger partial charge in [0.15, 0.2) is 11.6 Å². The molecule has 3 rings (SSSR count). The van der Waals surface area contributed by atoms with Crippen molar-refractivity contribution in [1.82, 2.24) is 9.55 Å². The number of hydrogen-bond donors (Lipinski definition) is 0. The summed E-state index contributed by atoms with van der Waals surface area (Å²) < 4.78 is 29.3. The summed E-state index contributed by atoms with van der Waals surface area (Å²) in [6.45, 7) is 3.95. The maximum absolute atomic E-state index is 14.1. The number of halogens is 3. The van der Waals surface area contributed by atoms with Crippen LogP contribution in [0.3, 0.4) is 0 Å². The van der Waals surface area contributed by atoms with Crippen LogP contribution in [0, 0.1) is 17.6 Å². The molecule has 1 atom stereocenters. The van der Waals surface area contributed by atoms with Crippen LogP contribution in [0.2, 0.25) is 0 Å². The Kier molecular flexibility index (Phi) is 3.01. The lowest BCUT2D eigenvalue weighted by Gasteiger charge is -2.35. The molecular weight excluding hydrogens is 270 g/mol. The molecule has 1 aromatic carbocycles. The zero-order valence-electron chi connectivity index (χ0n) is 10.8. The van der Waals surface area contributed by atoms with Crippen LogP contribution in [0.1, 0.15) is 43.9 Å². The van der Waals surface area contributed by atoms with Gasteiger partial charge >= 0.3 is 0 Å². The second-order valence-electron chi connectivity index (χ2n) is 5.42. The maximum atomic E-state index is 14.1. The Morgan fingerprint density at radius 2 is 2.05 bits per heavy atom. The van der Waals surface area contributed by atoms with E-state index in [1.54, 1.807) is 11.5 Å². The molecule has 2 aromatic rings. The van der Waals surface area contributed by atoms with E-state index in [0.717, 1.165) is 18.9 Å². The standard InChI is InChI=1S/C14H15ClF2N2/c1-7-5-9(6-7)19-13-11(18-14(19)8(2)15)4-3-10(16)12(13)17/h3-4,7-9H,5-6H2,1-2H3. The molecule has 0 N–H and O–H groups in total. The Hall–Kier alpha value is -1.16. The Labute approximate surface area is 115 Å². The van der Waals surface area contributed by atoms with Gasteiger partial charge in [-0.3, -0.25) is 0 Å². The van der Waals surface area contributed by atoms with Gasteiger partial charge in [0, 0.05) is 6.04 Å². The highest BCUT2D eigenvalue weighted by molar-refractivity contribution is 6.20. The van der Waals surface area contributed by atoms with Gasteiger partial charge in [-0.1, -0.05) is 6.92 Å². The first-order valence-corrected chi connectivity index (χ1v) is 6.92. The third-order valence-electron chi connectivity index (χ3n) is 3.84. The number of alkyl halides is 1. The zero-order chi connectivity index (χ0) is 13.7. The van der Waals surface area contributed by atoms with E-state index in [1.807, 2.05) is 0 Å². The van der Waals surface area contributed by atoms with Crippen molar-refractivity contribution in [3.63, 3.8) is 0 Å². The Bertz CT molecular complexity index is 630. The second-order valence-corrected chi connectivity index (χ2v) is 6.07. The van der Waals surface area contributed by atoms with Crippen molar-refractivity contribution in [2.75, 3.05) is 0 Å². The molecule has 5 heteroatoms. The molecule has 1 aromatic heterocycles. The van der Waals surface area contributed by atoms with Crippen LogP contribution in [0.25, 0.3) is 11.0 Å². The molecule has 2 nitrogen and oxygen atoms in total. The van der Waals surface area contributed by atoms with Crippen molar-refractivity contribution in [1.29, 1.82) is 0 Å². The maximum Gasteiger partial charge on any atom is 0.184 e. The molecule has 1 aliphatic rings. The van der Waals surface area contributed by atoms with Gasteiger partial charge in [-0.15, -0.1) is 11.6 Å². The summed E-state index contributed by atoms with van der Waals surface area (Å²) in [5.74, 6) is -0.432. The molecule has 1 heterocycles. The Morgan fingerprint density at radius 1 is 1.37 bits per heavy atom. The van der Waals surface area contributed by atoms with E-state index in [9.17, 15) is 8.78 Å². The van der Waals surface area contributed by atoms with E-state index in [-0.39, 0.29) is 16.9 Å². The highest BCUT2D eigenvalue weighted by Gasteiger charge is 2.32. The first-order valence-electron chi connectivity index (χ1n) is 6.49. The normalized spacial score (nSPS) is 24.5. The monoisotopic (exact) mass is 284 g/mol. The molecule has 0 bridgehead atoms. The third kappa shape index (κ3) is 1.93. The van der Waals surface area contributed by atoms with E-state index in [4.69, 9.17) is 11.6 Å². The van der Waals surface area contributed by atoms with Gasteiger partial charge in [0.05, 0.1) is 10.9 Å². The topological polar surface area (TPSA) is 17.8 Å². The molecule has 0 saturated heterocycles. The fraction of sp³-hybridized carbons (Fsp3) is 0.500. The van der Waals surface area contributed by atoms with Gasteiger partial charge < -0.3 is 4.57 Å². The van der Waals surface area contributed by atoms with Gasteiger partial charge in [-0.05, 0) is 37.8 Å². The van der Waals surface area contributed by atoms with Crippen LogP contribution in [0.5, 0.6) is 0 Å². The molecular formula is C14H15ClF2N2. The van der Waals surface area contributed by atoms with Crippen LogP contribution in [-0.2, 0) is 0 Å².